The number of halogens is 2. The number of carboxylic acid groups (broad SMARTS) is 2. The molecule has 2 aliphatic heterocycles. The maximum Gasteiger partial charge on any atom is 0.337 e. The summed E-state index contributed by atoms with van der Waals surface area (Å²) in [6.07, 6.45) is 3.36. The average molecular weight is 678 g/mol. The summed E-state index contributed by atoms with van der Waals surface area (Å²) in [6.45, 7) is 6.84. The SMILES string of the molecule is Cc1[nH]c(C=C2C(=O)Nc3ccc(Br)cc32)c(C)c1C(=O)O.Cc1[nH]c(C=C2C(=O)Nc3ccc(Cl)cc32)c(C)c1C(=O)O. The maximum absolute atomic E-state index is 12.2. The van der Waals surface area contributed by atoms with Gasteiger partial charge in [-0.25, -0.2) is 9.59 Å². The molecule has 6 rings (SSSR count). The highest BCUT2D eigenvalue weighted by Crippen LogP contribution is 2.37. The predicted molar refractivity (Wildman–Crippen MR) is 173 cm³/mol. The Morgan fingerprint density at radius 1 is 0.727 bits per heavy atom. The minimum atomic E-state index is -0.991. The summed E-state index contributed by atoms with van der Waals surface area (Å²) in [4.78, 5) is 52.9. The van der Waals surface area contributed by atoms with E-state index in [0.29, 0.717) is 61.3 Å². The van der Waals surface area contributed by atoms with Crippen molar-refractivity contribution >= 4 is 86.0 Å². The summed E-state index contributed by atoms with van der Waals surface area (Å²) in [5.41, 5.74) is 7.98. The smallest absolute Gasteiger partial charge is 0.337 e. The fourth-order valence-electron chi connectivity index (χ4n) is 5.37. The Balaban J connectivity index is 0.000000175. The molecule has 0 bridgehead atoms. The molecule has 2 aromatic carbocycles. The number of carbonyl (C=O) groups is 4. The fourth-order valence-corrected chi connectivity index (χ4v) is 5.91. The number of aromatic carboxylic acids is 2. The molecule has 0 saturated heterocycles. The molecule has 4 aromatic rings. The summed E-state index contributed by atoms with van der Waals surface area (Å²) in [5.74, 6) is -2.40. The summed E-state index contributed by atoms with van der Waals surface area (Å²) in [6, 6.07) is 10.7. The highest BCUT2D eigenvalue weighted by molar-refractivity contribution is 9.10. The number of aromatic nitrogens is 2. The second kappa shape index (κ2) is 11.7. The molecule has 0 saturated carbocycles. The number of amides is 2. The predicted octanol–water partition coefficient (Wildman–Crippen LogP) is 7.06. The number of aryl methyl sites for hydroxylation is 2. The molecule has 224 valence electrons. The number of H-pyrrole nitrogens is 2. The fraction of sp³-hybridized carbons (Fsp3) is 0.125. The third-order valence-corrected chi connectivity index (χ3v) is 8.22. The van der Waals surface area contributed by atoms with Gasteiger partial charge in [0.05, 0.1) is 22.3 Å². The topological polar surface area (TPSA) is 164 Å². The Morgan fingerprint density at radius 2 is 1.16 bits per heavy atom. The molecule has 0 spiro atoms. The van der Waals surface area contributed by atoms with Gasteiger partial charge in [-0.3, -0.25) is 9.59 Å². The standard InChI is InChI=1S/C16H13BrN2O3.C16H13ClN2O3/c2*1-7-13(18-8(2)14(7)16(21)22)6-11-10-5-9(17)3-4-12(10)19-15(11)20/h2*3-6,18H,1-2H3,(H,19,20)(H,21,22). The van der Waals surface area contributed by atoms with Gasteiger partial charge in [0.15, 0.2) is 0 Å². The van der Waals surface area contributed by atoms with E-state index in [0.717, 1.165) is 15.7 Å². The normalized spacial score (nSPS) is 15.0. The van der Waals surface area contributed by atoms with Crippen molar-refractivity contribution in [1.82, 2.24) is 9.97 Å². The number of aromatic amines is 2. The number of anilines is 2. The summed E-state index contributed by atoms with van der Waals surface area (Å²) in [7, 11) is 0. The number of hydrogen-bond donors (Lipinski definition) is 6. The van der Waals surface area contributed by atoms with Crippen molar-refractivity contribution in [1.29, 1.82) is 0 Å². The highest BCUT2D eigenvalue weighted by atomic mass is 79.9. The zero-order valence-corrected chi connectivity index (χ0v) is 26.2. The number of nitrogens with one attached hydrogen (secondary N) is 4. The largest absolute Gasteiger partial charge is 0.478 e. The second-order valence-electron chi connectivity index (χ2n) is 10.3. The van der Waals surface area contributed by atoms with Gasteiger partial charge in [-0.1, -0.05) is 27.5 Å². The Hall–Kier alpha value is -4.87. The van der Waals surface area contributed by atoms with Crippen LogP contribution >= 0.6 is 27.5 Å². The van der Waals surface area contributed by atoms with Crippen LogP contribution < -0.4 is 10.6 Å². The molecular weight excluding hydrogens is 652 g/mol. The molecule has 12 heteroatoms. The number of fused-ring (bicyclic) bond motifs is 2. The lowest BCUT2D eigenvalue weighted by Gasteiger charge is -2.00. The summed E-state index contributed by atoms with van der Waals surface area (Å²) < 4.78 is 0.874. The van der Waals surface area contributed by atoms with Crippen LogP contribution in [0.4, 0.5) is 11.4 Å². The molecule has 4 heterocycles. The molecule has 6 N–H and O–H groups in total. The Labute approximate surface area is 265 Å². The van der Waals surface area contributed by atoms with E-state index in [9.17, 15) is 29.4 Å². The van der Waals surface area contributed by atoms with Crippen molar-refractivity contribution in [3.05, 3.63) is 102 Å². The van der Waals surface area contributed by atoms with E-state index >= 15 is 0 Å². The number of benzene rings is 2. The number of carbonyl (C=O) groups excluding carboxylic acids is 2. The van der Waals surface area contributed by atoms with Crippen LogP contribution in [0.5, 0.6) is 0 Å². The first kappa shape index (κ1) is 30.6. The molecule has 0 aliphatic carbocycles. The van der Waals surface area contributed by atoms with E-state index in [-0.39, 0.29) is 22.9 Å². The van der Waals surface area contributed by atoms with Gasteiger partial charge in [0, 0.05) is 54.8 Å². The maximum atomic E-state index is 12.2. The molecule has 10 nitrogen and oxygen atoms in total. The van der Waals surface area contributed by atoms with Gasteiger partial charge < -0.3 is 30.8 Å². The monoisotopic (exact) mass is 676 g/mol. The van der Waals surface area contributed by atoms with Crippen molar-refractivity contribution in [2.75, 3.05) is 10.6 Å². The zero-order valence-electron chi connectivity index (χ0n) is 23.9. The Kier molecular flexibility index (Phi) is 8.11. The van der Waals surface area contributed by atoms with Crippen LogP contribution in [-0.2, 0) is 9.59 Å². The molecule has 0 atom stereocenters. The van der Waals surface area contributed by atoms with Crippen LogP contribution in [0.1, 0.15) is 65.7 Å². The molecule has 0 fully saturated rings. The molecule has 0 radical (unpaired) electrons. The van der Waals surface area contributed by atoms with E-state index in [1.54, 1.807) is 58.0 Å². The van der Waals surface area contributed by atoms with Crippen molar-refractivity contribution in [3.63, 3.8) is 0 Å². The van der Waals surface area contributed by atoms with Crippen molar-refractivity contribution < 1.29 is 29.4 Å². The van der Waals surface area contributed by atoms with Gasteiger partial charge in [0.2, 0.25) is 0 Å². The van der Waals surface area contributed by atoms with Crippen LogP contribution in [0, 0.1) is 27.7 Å². The average Bonchev–Trinajstić information content (AvgIpc) is 3.61. The quantitative estimate of drug-likeness (QED) is 0.127. The third kappa shape index (κ3) is 5.59. The van der Waals surface area contributed by atoms with Gasteiger partial charge in [-0.15, -0.1) is 0 Å². The molecule has 2 amide bonds. The molecule has 2 aliphatic rings. The lowest BCUT2D eigenvalue weighted by Crippen LogP contribution is -2.03. The van der Waals surface area contributed by atoms with Gasteiger partial charge >= 0.3 is 11.9 Å². The van der Waals surface area contributed by atoms with Crippen LogP contribution in [0.3, 0.4) is 0 Å². The summed E-state index contributed by atoms with van der Waals surface area (Å²) in [5, 5.41) is 24.6. The first-order valence-corrected chi connectivity index (χ1v) is 14.4. The first-order valence-electron chi connectivity index (χ1n) is 13.3. The number of hydrogen-bond acceptors (Lipinski definition) is 4. The minimum Gasteiger partial charge on any atom is -0.478 e. The van der Waals surface area contributed by atoms with Crippen molar-refractivity contribution in [2.45, 2.75) is 27.7 Å². The van der Waals surface area contributed by atoms with Crippen LogP contribution in [0.15, 0.2) is 40.9 Å². The van der Waals surface area contributed by atoms with Gasteiger partial charge in [0.25, 0.3) is 11.8 Å². The van der Waals surface area contributed by atoms with E-state index in [1.807, 2.05) is 18.2 Å². The molecule has 2 aromatic heterocycles. The number of rotatable bonds is 4. The number of carboxylic acids is 2. The van der Waals surface area contributed by atoms with Crippen LogP contribution in [0.25, 0.3) is 23.3 Å². The summed E-state index contributed by atoms with van der Waals surface area (Å²) >= 11 is 9.38. The van der Waals surface area contributed by atoms with E-state index in [1.165, 1.54) is 0 Å². The van der Waals surface area contributed by atoms with E-state index < -0.39 is 11.9 Å². The van der Waals surface area contributed by atoms with Crippen LogP contribution in [0.2, 0.25) is 5.02 Å². The van der Waals surface area contributed by atoms with E-state index in [4.69, 9.17) is 11.6 Å². The van der Waals surface area contributed by atoms with Gasteiger partial charge in [-0.05, 0) is 87.4 Å². The van der Waals surface area contributed by atoms with Crippen molar-refractivity contribution in [3.8, 4) is 0 Å². The second-order valence-corrected chi connectivity index (χ2v) is 11.7. The van der Waals surface area contributed by atoms with Crippen LogP contribution in [-0.4, -0.2) is 43.9 Å². The van der Waals surface area contributed by atoms with Gasteiger partial charge in [-0.2, -0.15) is 0 Å². The van der Waals surface area contributed by atoms with Gasteiger partial charge in [0.1, 0.15) is 0 Å². The third-order valence-electron chi connectivity index (χ3n) is 7.49. The lowest BCUT2D eigenvalue weighted by atomic mass is 10.0. The van der Waals surface area contributed by atoms with E-state index in [2.05, 4.69) is 36.5 Å². The molecular formula is C32H26BrClN4O6. The van der Waals surface area contributed by atoms with Crippen molar-refractivity contribution in [2.24, 2.45) is 0 Å². The highest BCUT2D eigenvalue weighted by Gasteiger charge is 2.27. The first-order chi connectivity index (χ1) is 20.8. The molecule has 44 heavy (non-hydrogen) atoms. The molecule has 0 unspecified atom stereocenters. The Bertz CT molecular complexity index is 1840. The Morgan fingerprint density at radius 3 is 1.59 bits per heavy atom. The lowest BCUT2D eigenvalue weighted by molar-refractivity contribution is -0.111. The minimum absolute atomic E-state index is 0.198. The zero-order chi connectivity index (χ0) is 32.0.